The summed E-state index contributed by atoms with van der Waals surface area (Å²) in [5.74, 6) is 0.102. The lowest BCUT2D eigenvalue weighted by molar-refractivity contribution is 0.469. The fourth-order valence-electron chi connectivity index (χ4n) is 3.91. The molecular weight excluding hydrogens is 484 g/mol. The minimum absolute atomic E-state index is 0.102. The Balaban J connectivity index is 1.61. The highest BCUT2D eigenvalue weighted by molar-refractivity contribution is 8.01. The van der Waals surface area contributed by atoms with Crippen LogP contribution in [0.5, 0.6) is 5.75 Å². The van der Waals surface area contributed by atoms with Crippen molar-refractivity contribution in [1.29, 1.82) is 0 Å². The average molecular weight is 507 g/mol. The van der Waals surface area contributed by atoms with Crippen LogP contribution in [0.1, 0.15) is 16.7 Å². The molecule has 0 saturated carbocycles. The number of nitrogens with one attached hydrogen (secondary N) is 1. The quantitative estimate of drug-likeness (QED) is 0.250. The van der Waals surface area contributed by atoms with E-state index in [0.717, 1.165) is 25.7 Å². The van der Waals surface area contributed by atoms with E-state index in [-0.39, 0.29) is 10.6 Å². The first-order chi connectivity index (χ1) is 16.2. The molecule has 0 atom stereocenters. The molecule has 0 aliphatic carbocycles. The molecule has 0 spiro atoms. The Labute approximate surface area is 206 Å². The average Bonchev–Trinajstić information content (AvgIpc) is 3.21. The Hall–Kier alpha value is -3.07. The summed E-state index contributed by atoms with van der Waals surface area (Å²) < 4.78 is 31.4. The zero-order valence-electron chi connectivity index (χ0n) is 18.8. The molecule has 0 amide bonds. The van der Waals surface area contributed by atoms with Crippen molar-refractivity contribution in [1.82, 2.24) is 4.98 Å². The van der Waals surface area contributed by atoms with Gasteiger partial charge in [-0.2, -0.15) is 0 Å². The van der Waals surface area contributed by atoms with Crippen LogP contribution in [0.15, 0.2) is 80.9 Å². The van der Waals surface area contributed by atoms with E-state index in [1.54, 1.807) is 31.2 Å². The van der Waals surface area contributed by atoms with Gasteiger partial charge in [-0.25, -0.2) is 13.4 Å². The molecule has 4 aromatic carbocycles. The Morgan fingerprint density at radius 1 is 0.882 bits per heavy atom. The number of nitrogens with zero attached hydrogens (tertiary/aromatic N) is 1. The van der Waals surface area contributed by atoms with Crippen molar-refractivity contribution >= 4 is 59.8 Å². The number of hydrogen-bond acceptors (Lipinski definition) is 6. The van der Waals surface area contributed by atoms with Crippen LogP contribution in [0, 0.1) is 20.8 Å². The van der Waals surface area contributed by atoms with E-state index in [9.17, 15) is 13.5 Å². The normalized spacial score (nSPS) is 11.9. The third-order valence-electron chi connectivity index (χ3n) is 5.78. The number of fused-ring (bicyclic) bond motifs is 2. The number of aryl methyl sites for hydroxylation is 3. The molecule has 0 unspecified atom stereocenters. The predicted octanol–water partition coefficient (Wildman–Crippen LogP) is 7.03. The Bertz CT molecular complexity index is 1640. The predicted molar refractivity (Wildman–Crippen MR) is 141 cm³/mol. The number of anilines is 1. The van der Waals surface area contributed by atoms with Crippen LogP contribution in [0.4, 0.5) is 5.69 Å². The lowest BCUT2D eigenvalue weighted by atomic mass is 10.1. The van der Waals surface area contributed by atoms with Gasteiger partial charge in [-0.15, -0.1) is 11.3 Å². The number of phenols is 1. The summed E-state index contributed by atoms with van der Waals surface area (Å²) in [5, 5.41) is 12.2. The van der Waals surface area contributed by atoms with Gasteiger partial charge in [0.15, 0.2) is 4.34 Å². The summed E-state index contributed by atoms with van der Waals surface area (Å²) in [4.78, 5) is 5.42. The zero-order chi connectivity index (χ0) is 24.0. The molecule has 0 fully saturated rings. The van der Waals surface area contributed by atoms with Gasteiger partial charge >= 0.3 is 0 Å². The summed E-state index contributed by atoms with van der Waals surface area (Å²) in [7, 11) is -3.85. The Morgan fingerprint density at radius 2 is 1.56 bits per heavy atom. The van der Waals surface area contributed by atoms with E-state index in [0.29, 0.717) is 26.9 Å². The number of aromatic nitrogens is 1. The molecular formula is C26H22N2O3S3. The Morgan fingerprint density at radius 3 is 2.32 bits per heavy atom. The molecule has 8 heteroatoms. The second kappa shape index (κ2) is 8.61. The number of para-hydroxylation sites is 1. The van der Waals surface area contributed by atoms with E-state index in [2.05, 4.69) is 9.71 Å². The lowest BCUT2D eigenvalue weighted by Crippen LogP contribution is -2.15. The SMILES string of the molecule is Cc1cc(C)c(S(=O)(=O)Nc2cc(Sc3nc4ccccc4s3)c(O)c3ccccc23)cc1C. The van der Waals surface area contributed by atoms with Crippen LogP contribution in [0.3, 0.4) is 0 Å². The van der Waals surface area contributed by atoms with E-state index in [4.69, 9.17) is 0 Å². The minimum Gasteiger partial charge on any atom is -0.506 e. The van der Waals surface area contributed by atoms with Crippen molar-refractivity contribution in [3.8, 4) is 5.75 Å². The van der Waals surface area contributed by atoms with Crippen LogP contribution in [-0.4, -0.2) is 18.5 Å². The standard InChI is InChI=1S/C26H22N2O3S3/c1-15-12-17(3)24(13-16(15)2)34(30,31)28-21-14-23(25(29)19-9-5-4-8-18(19)21)33-26-27-20-10-6-7-11-22(20)32-26/h4-14,28-29H,1-3H3. The number of hydrogen-bond donors (Lipinski definition) is 2. The van der Waals surface area contributed by atoms with Crippen LogP contribution in [0.25, 0.3) is 21.0 Å². The van der Waals surface area contributed by atoms with Gasteiger partial charge in [-0.3, -0.25) is 4.72 Å². The highest BCUT2D eigenvalue weighted by Crippen LogP contribution is 2.44. The van der Waals surface area contributed by atoms with E-state index in [1.807, 2.05) is 56.3 Å². The van der Waals surface area contributed by atoms with Gasteiger partial charge in [-0.05, 0) is 61.7 Å². The van der Waals surface area contributed by atoms with Crippen LogP contribution in [0.2, 0.25) is 0 Å². The molecule has 34 heavy (non-hydrogen) atoms. The first-order valence-electron chi connectivity index (χ1n) is 10.6. The monoisotopic (exact) mass is 506 g/mol. The molecule has 1 aromatic heterocycles. The maximum Gasteiger partial charge on any atom is 0.262 e. The van der Waals surface area contributed by atoms with Crippen molar-refractivity contribution in [3.05, 3.63) is 83.4 Å². The van der Waals surface area contributed by atoms with Crippen LogP contribution >= 0.6 is 23.1 Å². The fourth-order valence-corrected chi connectivity index (χ4v) is 7.41. The van der Waals surface area contributed by atoms with Crippen molar-refractivity contribution in [2.45, 2.75) is 34.9 Å². The first kappa shape index (κ1) is 22.7. The largest absolute Gasteiger partial charge is 0.506 e. The molecule has 5 nitrogen and oxygen atoms in total. The van der Waals surface area contributed by atoms with Gasteiger partial charge in [0.05, 0.1) is 25.7 Å². The summed E-state index contributed by atoms with van der Waals surface area (Å²) >= 11 is 2.85. The summed E-state index contributed by atoms with van der Waals surface area (Å²) in [5.41, 5.74) is 3.94. The maximum atomic E-state index is 13.4. The molecule has 5 rings (SSSR count). The topological polar surface area (TPSA) is 79.3 Å². The number of aromatic hydroxyl groups is 1. The van der Waals surface area contributed by atoms with Crippen molar-refractivity contribution < 1.29 is 13.5 Å². The minimum atomic E-state index is -3.85. The van der Waals surface area contributed by atoms with E-state index in [1.165, 1.54) is 23.1 Å². The summed E-state index contributed by atoms with van der Waals surface area (Å²) in [6, 6.07) is 20.3. The maximum absolute atomic E-state index is 13.4. The summed E-state index contributed by atoms with van der Waals surface area (Å²) in [6.45, 7) is 5.66. The second-order valence-corrected chi connectivity index (χ2v) is 12.1. The number of benzene rings is 4. The molecule has 0 aliphatic rings. The zero-order valence-corrected chi connectivity index (χ0v) is 21.2. The molecule has 2 N–H and O–H groups in total. The molecule has 0 aliphatic heterocycles. The molecule has 0 radical (unpaired) electrons. The fraction of sp³-hybridized carbons (Fsp3) is 0.115. The lowest BCUT2D eigenvalue weighted by Gasteiger charge is -2.16. The van der Waals surface area contributed by atoms with Gasteiger partial charge in [0.2, 0.25) is 0 Å². The molecule has 172 valence electrons. The number of thiazole rings is 1. The smallest absolute Gasteiger partial charge is 0.262 e. The van der Waals surface area contributed by atoms with Crippen molar-refractivity contribution in [3.63, 3.8) is 0 Å². The van der Waals surface area contributed by atoms with Gasteiger partial charge in [0, 0.05) is 10.8 Å². The van der Waals surface area contributed by atoms with Crippen molar-refractivity contribution in [2.75, 3.05) is 4.72 Å². The first-order valence-corrected chi connectivity index (χ1v) is 13.7. The van der Waals surface area contributed by atoms with Crippen LogP contribution < -0.4 is 4.72 Å². The third kappa shape index (κ3) is 4.13. The summed E-state index contributed by atoms with van der Waals surface area (Å²) in [6.07, 6.45) is 0. The molecule has 5 aromatic rings. The van der Waals surface area contributed by atoms with Gasteiger partial charge in [0.1, 0.15) is 5.75 Å². The molecule has 0 saturated heterocycles. The van der Waals surface area contributed by atoms with Crippen molar-refractivity contribution in [2.24, 2.45) is 0 Å². The molecule has 0 bridgehead atoms. The second-order valence-electron chi connectivity index (χ2n) is 8.17. The van der Waals surface area contributed by atoms with E-state index < -0.39 is 10.0 Å². The van der Waals surface area contributed by atoms with E-state index >= 15 is 0 Å². The number of sulfonamides is 1. The van der Waals surface area contributed by atoms with Crippen LogP contribution in [-0.2, 0) is 10.0 Å². The third-order valence-corrected chi connectivity index (χ3v) is 9.41. The highest BCUT2D eigenvalue weighted by Gasteiger charge is 2.21. The Kier molecular flexibility index (Phi) is 5.75. The van der Waals surface area contributed by atoms with Gasteiger partial charge < -0.3 is 5.11 Å². The van der Waals surface area contributed by atoms with Gasteiger partial charge in [-0.1, -0.05) is 54.2 Å². The highest BCUT2D eigenvalue weighted by atomic mass is 32.2. The molecule has 1 heterocycles. The van der Waals surface area contributed by atoms with Gasteiger partial charge in [0.25, 0.3) is 10.0 Å². The number of phenolic OH excluding ortho intramolecular Hbond substituents is 1. The number of rotatable bonds is 5.